The van der Waals surface area contributed by atoms with Gasteiger partial charge >= 0.3 is 0 Å². The molecule has 0 fully saturated rings. The molecule has 0 aliphatic carbocycles. The number of aromatic amines is 1. The van der Waals surface area contributed by atoms with Crippen LogP contribution in [0.4, 0.5) is 0 Å². The maximum Gasteiger partial charge on any atom is 0.139 e. The predicted octanol–water partition coefficient (Wildman–Crippen LogP) is 4.50. The number of aromatic nitrogens is 1. The van der Waals surface area contributed by atoms with Crippen LogP contribution in [0.3, 0.4) is 0 Å². The Bertz CT molecular complexity index is 688. The molecule has 0 amide bonds. The van der Waals surface area contributed by atoms with E-state index in [1.165, 1.54) is 0 Å². The van der Waals surface area contributed by atoms with E-state index in [1.807, 2.05) is 30.3 Å². The van der Waals surface area contributed by atoms with Crippen LogP contribution in [0.1, 0.15) is 0 Å². The van der Waals surface area contributed by atoms with E-state index in [1.54, 1.807) is 7.11 Å². The average molecular weight is 258 g/mol. The first-order valence-electron chi connectivity index (χ1n) is 5.69. The average Bonchev–Trinajstić information content (AvgIpc) is 2.81. The third-order valence-electron chi connectivity index (χ3n) is 2.98. The second-order valence-corrected chi connectivity index (χ2v) is 4.53. The van der Waals surface area contributed by atoms with Gasteiger partial charge in [-0.25, -0.2) is 0 Å². The smallest absolute Gasteiger partial charge is 0.139 e. The predicted molar refractivity (Wildman–Crippen MR) is 75.3 cm³/mol. The third kappa shape index (κ3) is 1.85. The zero-order chi connectivity index (χ0) is 12.5. The minimum Gasteiger partial charge on any atom is -0.495 e. The topological polar surface area (TPSA) is 25.0 Å². The lowest BCUT2D eigenvalue weighted by molar-refractivity contribution is 0.415. The summed E-state index contributed by atoms with van der Waals surface area (Å²) in [5, 5.41) is 1.71. The Kier molecular flexibility index (Phi) is 2.73. The van der Waals surface area contributed by atoms with Crippen LogP contribution >= 0.6 is 11.6 Å². The molecule has 18 heavy (non-hydrogen) atoms. The number of rotatable bonds is 2. The van der Waals surface area contributed by atoms with Crippen LogP contribution in [0.25, 0.3) is 22.2 Å². The fourth-order valence-electron chi connectivity index (χ4n) is 2.06. The summed E-state index contributed by atoms with van der Waals surface area (Å²) in [6.07, 6.45) is 0. The van der Waals surface area contributed by atoms with E-state index in [4.69, 9.17) is 16.3 Å². The molecule has 0 radical (unpaired) electrons. The first-order chi connectivity index (χ1) is 8.78. The highest BCUT2D eigenvalue weighted by Crippen LogP contribution is 2.32. The van der Waals surface area contributed by atoms with Crippen molar-refractivity contribution < 1.29 is 4.74 Å². The molecule has 0 spiro atoms. The van der Waals surface area contributed by atoms with E-state index in [9.17, 15) is 0 Å². The van der Waals surface area contributed by atoms with Gasteiger partial charge in [-0.15, -0.1) is 0 Å². The standard InChI is InChI=1S/C15H12ClNO/c1-18-15-9-14-11(7-12(15)16)8-13(17-14)10-5-3-2-4-6-10/h2-9,17H,1H3. The molecule has 0 aliphatic rings. The number of halogens is 1. The lowest BCUT2D eigenvalue weighted by Gasteiger charge is -2.01. The third-order valence-corrected chi connectivity index (χ3v) is 3.27. The molecule has 0 bridgehead atoms. The summed E-state index contributed by atoms with van der Waals surface area (Å²) < 4.78 is 5.22. The van der Waals surface area contributed by atoms with Crippen LogP contribution in [0.2, 0.25) is 5.02 Å². The van der Waals surface area contributed by atoms with E-state index in [2.05, 4.69) is 23.2 Å². The maximum atomic E-state index is 6.12. The van der Waals surface area contributed by atoms with Gasteiger partial charge in [0.1, 0.15) is 5.75 Å². The summed E-state index contributed by atoms with van der Waals surface area (Å²) >= 11 is 6.12. The van der Waals surface area contributed by atoms with Crippen molar-refractivity contribution in [3.05, 3.63) is 53.6 Å². The highest BCUT2D eigenvalue weighted by Gasteiger charge is 2.07. The van der Waals surface area contributed by atoms with Crippen LogP contribution in [0.5, 0.6) is 5.75 Å². The Labute approximate surface area is 110 Å². The molecular weight excluding hydrogens is 246 g/mol. The van der Waals surface area contributed by atoms with Gasteiger partial charge in [0, 0.05) is 22.7 Å². The highest BCUT2D eigenvalue weighted by atomic mass is 35.5. The van der Waals surface area contributed by atoms with E-state index in [-0.39, 0.29) is 0 Å². The summed E-state index contributed by atoms with van der Waals surface area (Å²) in [5.74, 6) is 0.686. The van der Waals surface area contributed by atoms with Crippen molar-refractivity contribution in [1.29, 1.82) is 0 Å². The second-order valence-electron chi connectivity index (χ2n) is 4.12. The van der Waals surface area contributed by atoms with Crippen LogP contribution in [0, 0.1) is 0 Å². The van der Waals surface area contributed by atoms with Crippen molar-refractivity contribution in [2.24, 2.45) is 0 Å². The number of H-pyrrole nitrogens is 1. The number of methoxy groups -OCH3 is 1. The van der Waals surface area contributed by atoms with Crippen LogP contribution in [-0.4, -0.2) is 12.1 Å². The largest absolute Gasteiger partial charge is 0.495 e. The Morgan fingerprint density at radius 1 is 1.06 bits per heavy atom. The molecule has 2 aromatic carbocycles. The van der Waals surface area contributed by atoms with E-state index < -0.39 is 0 Å². The molecule has 3 aromatic rings. The van der Waals surface area contributed by atoms with Gasteiger partial charge in [0.05, 0.1) is 12.1 Å². The molecule has 1 aromatic heterocycles. The Morgan fingerprint density at radius 3 is 2.56 bits per heavy atom. The Hall–Kier alpha value is -1.93. The van der Waals surface area contributed by atoms with Crippen molar-refractivity contribution in [2.75, 3.05) is 7.11 Å². The van der Waals surface area contributed by atoms with Crippen LogP contribution in [0.15, 0.2) is 48.5 Å². The molecule has 2 nitrogen and oxygen atoms in total. The van der Waals surface area contributed by atoms with Gasteiger partial charge in [-0.2, -0.15) is 0 Å². The lowest BCUT2D eigenvalue weighted by Crippen LogP contribution is -1.83. The fraction of sp³-hybridized carbons (Fsp3) is 0.0667. The zero-order valence-corrected chi connectivity index (χ0v) is 10.7. The van der Waals surface area contributed by atoms with Crippen molar-refractivity contribution in [1.82, 2.24) is 4.98 Å². The van der Waals surface area contributed by atoms with Crippen LogP contribution in [-0.2, 0) is 0 Å². The summed E-state index contributed by atoms with van der Waals surface area (Å²) in [7, 11) is 1.62. The minimum absolute atomic E-state index is 0.628. The lowest BCUT2D eigenvalue weighted by atomic mass is 10.1. The zero-order valence-electron chi connectivity index (χ0n) is 9.91. The molecule has 90 valence electrons. The molecule has 1 N–H and O–H groups in total. The van der Waals surface area contributed by atoms with Crippen LogP contribution < -0.4 is 4.74 Å². The van der Waals surface area contributed by atoms with Gasteiger partial charge in [0.2, 0.25) is 0 Å². The number of nitrogens with one attached hydrogen (secondary N) is 1. The number of benzene rings is 2. The Balaban J connectivity index is 2.17. The first-order valence-corrected chi connectivity index (χ1v) is 6.07. The summed E-state index contributed by atoms with van der Waals surface area (Å²) in [6, 6.07) is 16.1. The summed E-state index contributed by atoms with van der Waals surface area (Å²) in [4.78, 5) is 3.38. The minimum atomic E-state index is 0.628. The van der Waals surface area contributed by atoms with Gasteiger partial charge in [0.25, 0.3) is 0 Å². The molecule has 0 atom stereocenters. The summed E-state index contributed by atoms with van der Waals surface area (Å²) in [5.41, 5.74) is 3.26. The van der Waals surface area contributed by atoms with E-state index in [0.29, 0.717) is 10.8 Å². The summed E-state index contributed by atoms with van der Waals surface area (Å²) in [6.45, 7) is 0. The first kappa shape index (κ1) is 11.2. The monoisotopic (exact) mass is 257 g/mol. The van der Waals surface area contributed by atoms with E-state index in [0.717, 1.165) is 22.2 Å². The van der Waals surface area contributed by atoms with Gasteiger partial charge in [-0.1, -0.05) is 41.9 Å². The van der Waals surface area contributed by atoms with Gasteiger partial charge < -0.3 is 9.72 Å². The maximum absolute atomic E-state index is 6.12. The number of hydrogen-bond donors (Lipinski definition) is 1. The normalized spacial score (nSPS) is 10.8. The molecule has 0 aliphatic heterocycles. The second kappa shape index (κ2) is 4.39. The SMILES string of the molecule is COc1cc2[nH]c(-c3ccccc3)cc2cc1Cl. The Morgan fingerprint density at radius 2 is 1.83 bits per heavy atom. The van der Waals surface area contributed by atoms with Crippen molar-refractivity contribution >= 4 is 22.5 Å². The van der Waals surface area contributed by atoms with Gasteiger partial charge in [0.15, 0.2) is 0 Å². The van der Waals surface area contributed by atoms with Gasteiger partial charge in [-0.3, -0.25) is 0 Å². The van der Waals surface area contributed by atoms with Crippen molar-refractivity contribution in [3.63, 3.8) is 0 Å². The van der Waals surface area contributed by atoms with Crippen molar-refractivity contribution in [2.45, 2.75) is 0 Å². The fourth-order valence-corrected chi connectivity index (χ4v) is 2.31. The quantitative estimate of drug-likeness (QED) is 0.719. The molecule has 0 saturated carbocycles. The number of ether oxygens (including phenoxy) is 1. The number of fused-ring (bicyclic) bond motifs is 1. The van der Waals surface area contributed by atoms with Gasteiger partial charge in [-0.05, 0) is 17.7 Å². The molecule has 0 saturated heterocycles. The molecule has 3 heteroatoms. The van der Waals surface area contributed by atoms with E-state index >= 15 is 0 Å². The molecule has 1 heterocycles. The molecule has 0 unspecified atom stereocenters. The molecular formula is C15H12ClNO. The molecule has 3 rings (SSSR count). The van der Waals surface area contributed by atoms with Crippen molar-refractivity contribution in [3.8, 4) is 17.0 Å². The number of hydrogen-bond acceptors (Lipinski definition) is 1. The highest BCUT2D eigenvalue weighted by molar-refractivity contribution is 6.32.